The summed E-state index contributed by atoms with van der Waals surface area (Å²) in [4.78, 5) is 6.57. The van der Waals surface area contributed by atoms with Gasteiger partial charge in [-0.3, -0.25) is 4.99 Å². The van der Waals surface area contributed by atoms with Gasteiger partial charge < -0.3 is 4.98 Å². The van der Waals surface area contributed by atoms with Crippen LogP contribution in [0.4, 0.5) is 22.0 Å². The maximum Gasteiger partial charge on any atom is 0.200 e. The summed E-state index contributed by atoms with van der Waals surface area (Å²) < 4.78 is 68.2. The third-order valence-corrected chi connectivity index (χ3v) is 3.14. The first kappa shape index (κ1) is 14.2. The van der Waals surface area contributed by atoms with Crippen LogP contribution in [0.2, 0.25) is 0 Å². The van der Waals surface area contributed by atoms with E-state index < -0.39 is 34.6 Å². The molecule has 0 saturated heterocycles. The van der Waals surface area contributed by atoms with Crippen molar-refractivity contribution in [3.05, 3.63) is 76.5 Å². The third kappa shape index (κ3) is 2.05. The summed E-state index contributed by atoms with van der Waals surface area (Å²) in [6.45, 7) is 0. The normalized spacial score (nSPS) is 15.7. The number of allylic oxidation sites excluding steroid dienone is 2. The number of rotatable bonds is 2. The second-order valence-corrected chi connectivity index (χ2v) is 4.43. The fourth-order valence-corrected chi connectivity index (χ4v) is 2.16. The quantitative estimate of drug-likeness (QED) is 0.491. The lowest BCUT2D eigenvalue weighted by atomic mass is 9.98. The highest BCUT2D eigenvalue weighted by Gasteiger charge is 2.30. The average molecular weight is 310 g/mol. The van der Waals surface area contributed by atoms with Crippen LogP contribution in [-0.4, -0.2) is 11.2 Å². The summed E-state index contributed by atoms with van der Waals surface area (Å²) >= 11 is 0. The summed E-state index contributed by atoms with van der Waals surface area (Å²) in [5.74, 6) is -9.98. The number of aromatic amines is 1. The Hall–Kier alpha value is -2.70. The van der Waals surface area contributed by atoms with Gasteiger partial charge in [0.1, 0.15) is 0 Å². The van der Waals surface area contributed by atoms with Gasteiger partial charge in [0.05, 0.1) is 11.3 Å². The number of aliphatic imine (C=N–C) groups is 1. The number of benzene rings is 1. The van der Waals surface area contributed by atoms with E-state index in [1.165, 1.54) is 36.7 Å². The lowest BCUT2D eigenvalue weighted by Crippen LogP contribution is -2.08. The average Bonchev–Trinajstić information content (AvgIpc) is 3.20. The highest BCUT2D eigenvalue weighted by atomic mass is 19.2. The molecule has 2 aromatic rings. The van der Waals surface area contributed by atoms with E-state index in [1.807, 2.05) is 0 Å². The minimum atomic E-state index is -2.19. The Morgan fingerprint density at radius 3 is 2.05 bits per heavy atom. The van der Waals surface area contributed by atoms with E-state index in [-0.39, 0.29) is 17.0 Å². The van der Waals surface area contributed by atoms with Gasteiger partial charge in [0.15, 0.2) is 23.3 Å². The Bertz CT molecular complexity index is 789. The fraction of sp³-hybridized carbons (Fsp3) is 0. The minimum Gasteiger partial charge on any atom is -0.361 e. The topological polar surface area (TPSA) is 28.1 Å². The molecular formula is C15H7F5N2. The van der Waals surface area contributed by atoms with Gasteiger partial charge in [-0.2, -0.15) is 0 Å². The first-order valence-corrected chi connectivity index (χ1v) is 6.13. The molecular weight excluding hydrogens is 303 g/mol. The molecule has 1 N–H and O–H groups in total. The van der Waals surface area contributed by atoms with Crippen molar-refractivity contribution in [1.82, 2.24) is 4.98 Å². The Morgan fingerprint density at radius 1 is 0.909 bits per heavy atom. The monoisotopic (exact) mass is 310 g/mol. The van der Waals surface area contributed by atoms with Crippen LogP contribution < -0.4 is 0 Å². The van der Waals surface area contributed by atoms with Gasteiger partial charge in [-0.15, -0.1) is 0 Å². The van der Waals surface area contributed by atoms with E-state index in [0.29, 0.717) is 0 Å². The Morgan fingerprint density at radius 2 is 1.55 bits per heavy atom. The van der Waals surface area contributed by atoms with Gasteiger partial charge >= 0.3 is 0 Å². The number of halogens is 5. The van der Waals surface area contributed by atoms with Crippen LogP contribution >= 0.6 is 0 Å². The van der Waals surface area contributed by atoms with E-state index in [4.69, 9.17) is 0 Å². The molecule has 0 saturated carbocycles. The summed E-state index contributed by atoms with van der Waals surface area (Å²) in [7, 11) is 0. The highest BCUT2D eigenvalue weighted by Crippen LogP contribution is 2.35. The van der Waals surface area contributed by atoms with Crippen LogP contribution in [0.5, 0.6) is 0 Å². The van der Waals surface area contributed by atoms with Crippen LogP contribution in [0.25, 0.3) is 5.57 Å². The summed E-state index contributed by atoms with van der Waals surface area (Å²) in [5.41, 5.74) is -0.951. The van der Waals surface area contributed by atoms with Gasteiger partial charge in [0.25, 0.3) is 0 Å². The van der Waals surface area contributed by atoms with Crippen molar-refractivity contribution in [2.45, 2.75) is 0 Å². The van der Waals surface area contributed by atoms with Crippen molar-refractivity contribution in [2.75, 3.05) is 0 Å². The molecule has 0 fully saturated rings. The molecule has 1 aliphatic rings. The minimum absolute atomic E-state index is 0.0886. The van der Waals surface area contributed by atoms with Crippen LogP contribution in [0, 0.1) is 29.1 Å². The van der Waals surface area contributed by atoms with Crippen LogP contribution in [0.1, 0.15) is 11.3 Å². The Kier molecular flexibility index (Phi) is 3.40. The zero-order valence-corrected chi connectivity index (χ0v) is 10.8. The molecule has 2 nitrogen and oxygen atoms in total. The van der Waals surface area contributed by atoms with Crippen LogP contribution in [-0.2, 0) is 0 Å². The van der Waals surface area contributed by atoms with Gasteiger partial charge in [0.2, 0.25) is 5.82 Å². The van der Waals surface area contributed by atoms with E-state index in [0.717, 1.165) is 0 Å². The second kappa shape index (κ2) is 5.25. The predicted molar refractivity (Wildman–Crippen MR) is 70.7 cm³/mol. The standard InChI is InChI=1S/C15H7F5N2/c16-11-10(12(17)14(19)15(20)13(11)18)9(7-3-1-5-21-7)8-4-2-6-22-8/h1-6,21H. The molecule has 3 rings (SSSR count). The molecule has 0 aliphatic carbocycles. The molecule has 0 unspecified atom stereocenters. The molecule has 0 radical (unpaired) electrons. The van der Waals surface area contributed by atoms with Crippen LogP contribution in [0.15, 0.2) is 41.2 Å². The molecule has 0 amide bonds. The van der Waals surface area contributed by atoms with E-state index in [9.17, 15) is 22.0 Å². The van der Waals surface area contributed by atoms with Crippen molar-refractivity contribution < 1.29 is 22.0 Å². The van der Waals surface area contributed by atoms with E-state index >= 15 is 0 Å². The molecule has 2 heterocycles. The van der Waals surface area contributed by atoms with Crippen LogP contribution in [0.3, 0.4) is 0 Å². The van der Waals surface area contributed by atoms with Gasteiger partial charge in [0, 0.05) is 23.7 Å². The molecule has 1 aliphatic heterocycles. The maximum absolute atomic E-state index is 14.1. The SMILES string of the molecule is Fc1c(F)c(F)c(C(=C2C=CC=N2)c2ccc[nH]2)c(F)c1F. The molecule has 0 bridgehead atoms. The van der Waals surface area contributed by atoms with Crippen molar-refractivity contribution in [3.8, 4) is 0 Å². The first-order chi connectivity index (χ1) is 10.5. The molecule has 1 aromatic carbocycles. The molecule has 22 heavy (non-hydrogen) atoms. The Balaban J connectivity index is 2.40. The lowest BCUT2D eigenvalue weighted by Gasteiger charge is -2.12. The largest absolute Gasteiger partial charge is 0.361 e. The highest BCUT2D eigenvalue weighted by molar-refractivity contribution is 5.88. The zero-order chi connectivity index (χ0) is 15.9. The summed E-state index contributed by atoms with van der Waals surface area (Å²) in [6, 6.07) is 2.98. The summed E-state index contributed by atoms with van der Waals surface area (Å²) in [6.07, 6.45) is 5.72. The molecule has 0 atom stereocenters. The number of aromatic nitrogens is 1. The molecule has 7 heteroatoms. The number of hydrogen-bond donors (Lipinski definition) is 1. The summed E-state index contributed by atoms with van der Waals surface area (Å²) in [5, 5.41) is 0. The van der Waals surface area contributed by atoms with E-state index in [1.54, 1.807) is 0 Å². The third-order valence-electron chi connectivity index (χ3n) is 3.14. The Labute approximate surface area is 121 Å². The first-order valence-electron chi connectivity index (χ1n) is 6.13. The van der Waals surface area contributed by atoms with Gasteiger partial charge in [-0.05, 0) is 24.3 Å². The maximum atomic E-state index is 14.1. The lowest BCUT2D eigenvalue weighted by molar-refractivity contribution is 0.376. The van der Waals surface area contributed by atoms with Gasteiger partial charge in [-0.25, -0.2) is 22.0 Å². The molecule has 1 aromatic heterocycles. The van der Waals surface area contributed by atoms with Crippen molar-refractivity contribution >= 4 is 11.8 Å². The molecule has 112 valence electrons. The zero-order valence-electron chi connectivity index (χ0n) is 10.8. The van der Waals surface area contributed by atoms with Gasteiger partial charge in [-0.1, -0.05) is 0 Å². The van der Waals surface area contributed by atoms with E-state index in [2.05, 4.69) is 9.98 Å². The van der Waals surface area contributed by atoms with Crippen molar-refractivity contribution in [3.63, 3.8) is 0 Å². The second-order valence-electron chi connectivity index (χ2n) is 4.43. The number of nitrogens with one attached hydrogen (secondary N) is 1. The number of nitrogens with zero attached hydrogens (tertiary/aromatic N) is 1. The smallest absolute Gasteiger partial charge is 0.200 e. The predicted octanol–water partition coefficient (Wildman–Crippen LogP) is 4.11. The van der Waals surface area contributed by atoms with Crippen molar-refractivity contribution in [1.29, 1.82) is 0 Å². The number of hydrogen-bond acceptors (Lipinski definition) is 1. The molecule has 0 spiro atoms. The van der Waals surface area contributed by atoms with Crippen molar-refractivity contribution in [2.24, 2.45) is 4.99 Å². The number of H-pyrrole nitrogens is 1. The fourth-order valence-electron chi connectivity index (χ4n) is 2.16.